The van der Waals surface area contributed by atoms with Crippen LogP contribution in [0.25, 0.3) is 11.2 Å². The number of H-pyrrole nitrogens is 1. The Balaban J connectivity index is 1.99. The van der Waals surface area contributed by atoms with Gasteiger partial charge in [-0.2, -0.15) is 0 Å². The fourth-order valence-corrected chi connectivity index (χ4v) is 4.47. The Morgan fingerprint density at radius 2 is 1.50 bits per heavy atom. The summed E-state index contributed by atoms with van der Waals surface area (Å²) in [6, 6.07) is 0. The van der Waals surface area contributed by atoms with Gasteiger partial charge in [-0.3, -0.25) is 14.3 Å². The van der Waals surface area contributed by atoms with Gasteiger partial charge < -0.3 is 4.57 Å². The molecule has 2 aromatic rings. The van der Waals surface area contributed by atoms with E-state index in [0.29, 0.717) is 11.2 Å². The predicted octanol–water partition coefficient (Wildman–Crippen LogP) is 4.85. The van der Waals surface area contributed by atoms with Gasteiger partial charge in [-0.25, -0.2) is 9.78 Å². The molecule has 2 aromatic heterocycles. The van der Waals surface area contributed by atoms with Crippen LogP contribution in [-0.4, -0.2) is 24.9 Å². The molecule has 0 atom stereocenters. The molecule has 0 bridgehead atoms. The molecule has 0 saturated carbocycles. The number of unbranched alkanes of at least 4 members (excludes halogenated alkanes) is 9. The number of aromatic nitrogens is 4. The third-order valence-electron chi connectivity index (χ3n) is 5.19. The molecule has 0 radical (unpaired) electrons. The lowest BCUT2D eigenvalue weighted by atomic mass is 10.1. The standard InChI is InChI=1S/C21H36N4O2S/c1-4-6-8-9-10-11-12-14-16-28-21-22-18-17(25(21)15-13-7-5-2)19(26)23-20(27)24(18)3/h4-16H2,1-3H3,(H,23,26,27). The van der Waals surface area contributed by atoms with E-state index < -0.39 is 5.69 Å². The molecule has 6 nitrogen and oxygen atoms in total. The van der Waals surface area contributed by atoms with Crippen LogP contribution in [0.1, 0.15) is 84.5 Å². The number of fused-ring (bicyclic) bond motifs is 1. The summed E-state index contributed by atoms with van der Waals surface area (Å²) in [5.41, 5.74) is 0.275. The summed E-state index contributed by atoms with van der Waals surface area (Å²) < 4.78 is 3.45. The molecule has 28 heavy (non-hydrogen) atoms. The SMILES string of the molecule is CCCCCCCCCCSc1nc2c(c(=O)[nH]c(=O)n2C)n1CCCCC. The molecular formula is C21H36N4O2S. The van der Waals surface area contributed by atoms with Gasteiger partial charge in [0.15, 0.2) is 16.3 Å². The maximum atomic E-state index is 12.4. The van der Waals surface area contributed by atoms with Crippen LogP contribution in [0.2, 0.25) is 0 Å². The van der Waals surface area contributed by atoms with Crippen LogP contribution in [0.15, 0.2) is 14.7 Å². The van der Waals surface area contributed by atoms with Gasteiger partial charge in [-0.05, 0) is 12.8 Å². The van der Waals surface area contributed by atoms with E-state index in [1.54, 1.807) is 18.8 Å². The Hall–Kier alpha value is -1.50. The molecule has 0 spiro atoms. The Kier molecular flexibility index (Phi) is 9.88. The van der Waals surface area contributed by atoms with Crippen molar-refractivity contribution in [3.8, 4) is 0 Å². The van der Waals surface area contributed by atoms with Gasteiger partial charge in [0.1, 0.15) is 0 Å². The first-order chi connectivity index (χ1) is 13.6. The van der Waals surface area contributed by atoms with Crippen LogP contribution in [-0.2, 0) is 13.6 Å². The van der Waals surface area contributed by atoms with E-state index in [-0.39, 0.29) is 5.56 Å². The van der Waals surface area contributed by atoms with Crippen LogP contribution < -0.4 is 11.2 Å². The van der Waals surface area contributed by atoms with Crippen LogP contribution >= 0.6 is 11.8 Å². The minimum absolute atomic E-state index is 0.332. The van der Waals surface area contributed by atoms with Crippen LogP contribution in [0.4, 0.5) is 0 Å². The van der Waals surface area contributed by atoms with Gasteiger partial charge in [0.25, 0.3) is 5.56 Å². The van der Waals surface area contributed by atoms with Crippen molar-refractivity contribution in [2.24, 2.45) is 7.05 Å². The van der Waals surface area contributed by atoms with E-state index in [1.165, 1.54) is 49.5 Å². The van der Waals surface area contributed by atoms with Crippen LogP contribution in [0, 0.1) is 0 Å². The van der Waals surface area contributed by atoms with Crippen LogP contribution in [0.5, 0.6) is 0 Å². The summed E-state index contributed by atoms with van der Waals surface area (Å²) in [5, 5.41) is 0.862. The first-order valence-electron chi connectivity index (χ1n) is 10.9. The first-order valence-corrected chi connectivity index (χ1v) is 11.9. The van der Waals surface area contributed by atoms with Gasteiger partial charge in [0.2, 0.25) is 0 Å². The number of hydrogen-bond donors (Lipinski definition) is 1. The second-order valence-corrected chi connectivity index (χ2v) is 8.63. The van der Waals surface area contributed by atoms with E-state index in [9.17, 15) is 9.59 Å². The summed E-state index contributed by atoms with van der Waals surface area (Å²) in [7, 11) is 1.66. The number of nitrogens with zero attached hydrogens (tertiary/aromatic N) is 3. The largest absolute Gasteiger partial charge is 0.329 e. The van der Waals surface area contributed by atoms with Crippen molar-refractivity contribution in [1.82, 2.24) is 19.1 Å². The van der Waals surface area contributed by atoms with Crippen molar-refractivity contribution in [2.75, 3.05) is 5.75 Å². The summed E-state index contributed by atoms with van der Waals surface area (Å²) >= 11 is 1.71. The molecule has 0 amide bonds. The molecule has 2 rings (SSSR count). The van der Waals surface area contributed by atoms with Gasteiger partial charge in [-0.15, -0.1) is 0 Å². The van der Waals surface area contributed by atoms with E-state index in [0.717, 1.165) is 43.1 Å². The highest BCUT2D eigenvalue weighted by molar-refractivity contribution is 7.99. The van der Waals surface area contributed by atoms with Gasteiger partial charge in [0.05, 0.1) is 0 Å². The summed E-state index contributed by atoms with van der Waals surface area (Å²) in [4.78, 5) is 31.4. The van der Waals surface area contributed by atoms with Crippen molar-refractivity contribution in [1.29, 1.82) is 0 Å². The molecule has 0 aliphatic rings. The van der Waals surface area contributed by atoms with E-state index >= 15 is 0 Å². The molecular weight excluding hydrogens is 372 g/mol. The lowest BCUT2D eigenvalue weighted by molar-refractivity contribution is 0.576. The zero-order valence-corrected chi connectivity index (χ0v) is 18.6. The lowest BCUT2D eigenvalue weighted by Crippen LogP contribution is -2.29. The molecule has 7 heteroatoms. The van der Waals surface area contributed by atoms with E-state index in [2.05, 4.69) is 23.8 Å². The summed E-state index contributed by atoms with van der Waals surface area (Å²) in [6.07, 6.45) is 13.6. The van der Waals surface area contributed by atoms with E-state index in [4.69, 9.17) is 0 Å². The van der Waals surface area contributed by atoms with Crippen LogP contribution in [0.3, 0.4) is 0 Å². The predicted molar refractivity (Wildman–Crippen MR) is 118 cm³/mol. The Bertz CT molecular complexity index is 837. The van der Waals surface area contributed by atoms with Crippen molar-refractivity contribution in [2.45, 2.75) is 96.2 Å². The number of aromatic amines is 1. The van der Waals surface area contributed by atoms with Crippen molar-refractivity contribution < 1.29 is 0 Å². The number of thioether (sulfide) groups is 1. The van der Waals surface area contributed by atoms with Crippen molar-refractivity contribution >= 4 is 22.9 Å². The molecule has 1 N–H and O–H groups in total. The van der Waals surface area contributed by atoms with Gasteiger partial charge in [0, 0.05) is 19.3 Å². The van der Waals surface area contributed by atoms with Crippen molar-refractivity contribution in [3.05, 3.63) is 20.8 Å². The maximum absolute atomic E-state index is 12.4. The first kappa shape index (κ1) is 22.8. The summed E-state index contributed by atoms with van der Waals surface area (Å²) in [6.45, 7) is 5.18. The number of rotatable bonds is 14. The zero-order chi connectivity index (χ0) is 20.4. The normalized spacial score (nSPS) is 11.5. The Morgan fingerprint density at radius 3 is 2.18 bits per heavy atom. The van der Waals surface area contributed by atoms with Gasteiger partial charge >= 0.3 is 5.69 Å². The molecule has 0 aromatic carbocycles. The minimum Gasteiger partial charge on any atom is -0.313 e. The maximum Gasteiger partial charge on any atom is 0.329 e. The molecule has 2 heterocycles. The fraction of sp³-hybridized carbons (Fsp3) is 0.762. The smallest absolute Gasteiger partial charge is 0.313 e. The average Bonchev–Trinajstić information content (AvgIpc) is 3.04. The molecule has 0 unspecified atom stereocenters. The molecule has 0 aliphatic carbocycles. The minimum atomic E-state index is -0.407. The Morgan fingerprint density at radius 1 is 0.893 bits per heavy atom. The topological polar surface area (TPSA) is 72.7 Å². The molecule has 0 saturated heterocycles. The number of aryl methyl sites for hydroxylation is 2. The lowest BCUT2D eigenvalue weighted by Gasteiger charge is -2.08. The highest BCUT2D eigenvalue weighted by Gasteiger charge is 2.17. The monoisotopic (exact) mass is 408 g/mol. The number of nitrogens with one attached hydrogen (secondary N) is 1. The number of imidazole rings is 1. The Labute approximate surface area is 172 Å². The molecule has 0 aliphatic heterocycles. The summed E-state index contributed by atoms with van der Waals surface area (Å²) in [5.74, 6) is 0.998. The third-order valence-corrected chi connectivity index (χ3v) is 6.25. The van der Waals surface area contributed by atoms with E-state index in [1.807, 2.05) is 4.57 Å². The molecule has 158 valence electrons. The van der Waals surface area contributed by atoms with Gasteiger partial charge in [-0.1, -0.05) is 83.4 Å². The van der Waals surface area contributed by atoms with Crippen molar-refractivity contribution in [3.63, 3.8) is 0 Å². The second-order valence-electron chi connectivity index (χ2n) is 7.57. The number of hydrogen-bond acceptors (Lipinski definition) is 4. The quantitative estimate of drug-likeness (QED) is 0.358. The second kappa shape index (κ2) is 12.1. The average molecular weight is 409 g/mol. The highest BCUT2D eigenvalue weighted by Crippen LogP contribution is 2.23. The highest BCUT2D eigenvalue weighted by atomic mass is 32.2. The fourth-order valence-electron chi connectivity index (χ4n) is 3.45. The zero-order valence-electron chi connectivity index (χ0n) is 17.8. The molecule has 0 fully saturated rings. The third kappa shape index (κ3) is 6.26.